The van der Waals surface area contributed by atoms with Gasteiger partial charge in [0.15, 0.2) is 5.17 Å². The molecule has 17 heavy (non-hydrogen) atoms. The van der Waals surface area contributed by atoms with Crippen LogP contribution in [0.3, 0.4) is 0 Å². The number of nitrogens with one attached hydrogen (secondary N) is 2. The Morgan fingerprint density at radius 2 is 2.29 bits per heavy atom. The number of hydrogen-bond donors (Lipinski definition) is 2. The molecule has 6 heteroatoms. The first-order valence-electron chi connectivity index (χ1n) is 5.85. The summed E-state index contributed by atoms with van der Waals surface area (Å²) in [4.78, 5) is 26.9. The molecule has 2 atom stereocenters. The van der Waals surface area contributed by atoms with Crippen LogP contribution in [0.1, 0.15) is 33.1 Å². The molecule has 0 aliphatic carbocycles. The predicted octanol–water partition coefficient (Wildman–Crippen LogP) is 0.653. The van der Waals surface area contributed by atoms with Gasteiger partial charge in [0.2, 0.25) is 5.91 Å². The van der Waals surface area contributed by atoms with E-state index in [0.29, 0.717) is 12.8 Å². The molecule has 2 rings (SSSR count). The Bertz CT molecular complexity index is 383. The summed E-state index contributed by atoms with van der Waals surface area (Å²) in [6.45, 7) is 4.27. The van der Waals surface area contributed by atoms with Crippen LogP contribution in [-0.2, 0) is 9.59 Å². The van der Waals surface area contributed by atoms with Gasteiger partial charge < -0.3 is 5.32 Å². The molecule has 2 fully saturated rings. The number of piperidine rings is 1. The lowest BCUT2D eigenvalue weighted by Crippen LogP contribution is -2.44. The SMILES string of the molecule is CCC1(C)CSC(=NC2CCC(=O)NC2=O)N1. The zero-order valence-electron chi connectivity index (χ0n) is 10.1. The van der Waals surface area contributed by atoms with Crippen molar-refractivity contribution in [2.45, 2.75) is 44.7 Å². The van der Waals surface area contributed by atoms with Crippen LogP contribution >= 0.6 is 11.8 Å². The number of carbonyl (C=O) groups excluding carboxylic acids is 2. The molecule has 0 saturated carbocycles. The Labute approximate surface area is 105 Å². The molecule has 0 radical (unpaired) electrons. The highest BCUT2D eigenvalue weighted by molar-refractivity contribution is 8.14. The van der Waals surface area contributed by atoms with Crippen molar-refractivity contribution < 1.29 is 9.59 Å². The van der Waals surface area contributed by atoms with E-state index in [0.717, 1.165) is 17.3 Å². The lowest BCUT2D eigenvalue weighted by atomic mass is 10.0. The summed E-state index contributed by atoms with van der Waals surface area (Å²) in [5.41, 5.74) is 0.0739. The summed E-state index contributed by atoms with van der Waals surface area (Å²) in [7, 11) is 0. The Kier molecular flexibility index (Phi) is 3.42. The summed E-state index contributed by atoms with van der Waals surface area (Å²) in [6.07, 6.45) is 1.91. The number of aliphatic imine (C=N–C) groups is 1. The molecule has 2 unspecified atom stereocenters. The average Bonchev–Trinajstić information content (AvgIpc) is 2.66. The predicted molar refractivity (Wildman–Crippen MR) is 67.9 cm³/mol. The summed E-state index contributed by atoms with van der Waals surface area (Å²) in [6, 6.07) is -0.415. The van der Waals surface area contributed by atoms with E-state index in [1.165, 1.54) is 0 Å². The quantitative estimate of drug-likeness (QED) is 0.711. The molecule has 0 bridgehead atoms. The van der Waals surface area contributed by atoms with Crippen molar-refractivity contribution in [3.05, 3.63) is 0 Å². The van der Waals surface area contributed by atoms with E-state index in [1.807, 2.05) is 0 Å². The largest absolute Gasteiger partial charge is 0.359 e. The second-order valence-electron chi connectivity index (χ2n) is 4.73. The second-order valence-corrected chi connectivity index (χ2v) is 5.69. The minimum atomic E-state index is -0.415. The van der Waals surface area contributed by atoms with E-state index in [-0.39, 0.29) is 17.4 Å². The molecular weight excluding hydrogens is 238 g/mol. The molecule has 94 valence electrons. The zero-order chi connectivity index (χ0) is 12.5. The Morgan fingerprint density at radius 1 is 1.53 bits per heavy atom. The highest BCUT2D eigenvalue weighted by Crippen LogP contribution is 2.26. The lowest BCUT2D eigenvalue weighted by Gasteiger charge is -2.22. The van der Waals surface area contributed by atoms with Crippen LogP contribution in [0.4, 0.5) is 0 Å². The maximum absolute atomic E-state index is 11.5. The third kappa shape index (κ3) is 2.80. The van der Waals surface area contributed by atoms with Crippen molar-refractivity contribution in [1.29, 1.82) is 0 Å². The van der Waals surface area contributed by atoms with Gasteiger partial charge in [-0.25, -0.2) is 4.99 Å². The maximum Gasteiger partial charge on any atom is 0.251 e. The molecule has 0 aromatic heterocycles. The van der Waals surface area contributed by atoms with Crippen LogP contribution in [0.15, 0.2) is 4.99 Å². The number of hydrogen-bond acceptors (Lipinski definition) is 4. The van der Waals surface area contributed by atoms with Crippen LogP contribution in [-0.4, -0.2) is 34.3 Å². The van der Waals surface area contributed by atoms with E-state index in [2.05, 4.69) is 29.5 Å². The number of thioether (sulfide) groups is 1. The number of rotatable bonds is 2. The standard InChI is InChI=1S/C11H17N3O2S/c1-3-11(2)6-17-10(14-11)12-7-4-5-8(15)13-9(7)16/h7H,3-6H2,1-2H3,(H,12,14)(H,13,15,16). The maximum atomic E-state index is 11.5. The topological polar surface area (TPSA) is 70.6 Å². The van der Waals surface area contributed by atoms with E-state index in [9.17, 15) is 9.59 Å². The van der Waals surface area contributed by atoms with Crippen LogP contribution in [0.5, 0.6) is 0 Å². The summed E-state index contributed by atoms with van der Waals surface area (Å²) >= 11 is 1.64. The van der Waals surface area contributed by atoms with Gasteiger partial charge in [-0.2, -0.15) is 0 Å². The van der Waals surface area contributed by atoms with Crippen molar-refractivity contribution >= 4 is 28.7 Å². The average molecular weight is 255 g/mol. The van der Waals surface area contributed by atoms with Gasteiger partial charge in [-0.15, -0.1) is 0 Å². The van der Waals surface area contributed by atoms with Gasteiger partial charge in [0.1, 0.15) is 6.04 Å². The minimum absolute atomic E-state index is 0.0739. The van der Waals surface area contributed by atoms with Gasteiger partial charge in [0.05, 0.1) is 0 Å². The molecule has 0 spiro atoms. The normalized spacial score (nSPS) is 35.9. The first-order chi connectivity index (χ1) is 8.02. The van der Waals surface area contributed by atoms with Crippen LogP contribution in [0, 0.1) is 0 Å². The molecule has 5 nitrogen and oxygen atoms in total. The first kappa shape index (κ1) is 12.4. The molecule has 2 heterocycles. The summed E-state index contributed by atoms with van der Waals surface area (Å²) in [5.74, 6) is 0.494. The Morgan fingerprint density at radius 3 is 2.88 bits per heavy atom. The number of amides is 2. The molecular formula is C11H17N3O2S. The molecule has 2 aliphatic heterocycles. The van der Waals surface area contributed by atoms with Crippen molar-refractivity contribution in [2.24, 2.45) is 4.99 Å². The van der Waals surface area contributed by atoms with Gasteiger partial charge in [0.25, 0.3) is 5.91 Å². The van der Waals surface area contributed by atoms with Crippen LogP contribution < -0.4 is 10.6 Å². The first-order valence-corrected chi connectivity index (χ1v) is 6.83. The molecule has 2 N–H and O–H groups in total. The third-order valence-electron chi connectivity index (χ3n) is 3.20. The molecule has 2 saturated heterocycles. The molecule has 0 aromatic carbocycles. The van der Waals surface area contributed by atoms with Gasteiger partial charge in [-0.1, -0.05) is 18.7 Å². The molecule has 2 aliphatic rings. The van der Waals surface area contributed by atoms with Gasteiger partial charge in [-0.05, 0) is 19.8 Å². The number of amidine groups is 1. The number of nitrogens with zero attached hydrogens (tertiary/aromatic N) is 1. The smallest absolute Gasteiger partial charge is 0.251 e. The fourth-order valence-electron chi connectivity index (χ4n) is 1.76. The zero-order valence-corrected chi connectivity index (χ0v) is 10.9. The van der Waals surface area contributed by atoms with E-state index in [4.69, 9.17) is 0 Å². The Balaban J connectivity index is 2.01. The van der Waals surface area contributed by atoms with E-state index >= 15 is 0 Å². The highest BCUT2D eigenvalue weighted by atomic mass is 32.2. The third-order valence-corrected chi connectivity index (χ3v) is 4.46. The fourth-order valence-corrected chi connectivity index (χ4v) is 3.02. The Hall–Kier alpha value is -1.04. The van der Waals surface area contributed by atoms with Crippen LogP contribution in [0.2, 0.25) is 0 Å². The van der Waals surface area contributed by atoms with Crippen molar-refractivity contribution in [3.63, 3.8) is 0 Å². The highest BCUT2D eigenvalue weighted by Gasteiger charge is 2.33. The van der Waals surface area contributed by atoms with Gasteiger partial charge >= 0.3 is 0 Å². The summed E-state index contributed by atoms with van der Waals surface area (Å²) in [5, 5.41) is 6.48. The second kappa shape index (κ2) is 4.68. The van der Waals surface area contributed by atoms with Crippen molar-refractivity contribution in [2.75, 3.05) is 5.75 Å². The van der Waals surface area contributed by atoms with Gasteiger partial charge in [-0.3, -0.25) is 14.9 Å². The van der Waals surface area contributed by atoms with Crippen molar-refractivity contribution in [1.82, 2.24) is 10.6 Å². The fraction of sp³-hybridized carbons (Fsp3) is 0.727. The van der Waals surface area contributed by atoms with Crippen LogP contribution in [0.25, 0.3) is 0 Å². The van der Waals surface area contributed by atoms with E-state index < -0.39 is 6.04 Å². The molecule has 0 aromatic rings. The van der Waals surface area contributed by atoms with Gasteiger partial charge in [0, 0.05) is 17.7 Å². The monoisotopic (exact) mass is 255 g/mol. The number of imide groups is 1. The molecule has 2 amide bonds. The summed E-state index contributed by atoms with van der Waals surface area (Å²) < 4.78 is 0. The lowest BCUT2D eigenvalue weighted by molar-refractivity contribution is -0.133. The number of carbonyl (C=O) groups is 2. The van der Waals surface area contributed by atoms with Crippen molar-refractivity contribution in [3.8, 4) is 0 Å². The minimum Gasteiger partial charge on any atom is -0.359 e. The van der Waals surface area contributed by atoms with E-state index in [1.54, 1.807) is 11.8 Å².